The Morgan fingerprint density at radius 3 is 1.33 bits per heavy atom. The van der Waals surface area contributed by atoms with Gasteiger partial charge >= 0.3 is 0 Å². The molecule has 38 valence electrons. The van der Waals surface area contributed by atoms with E-state index in [4.69, 9.17) is 0 Å². The first-order chi connectivity index (χ1) is 2.21. The number of hydrogen-bond acceptors (Lipinski definition) is 0. The number of hydrogen-bond donors (Lipinski definition) is 0. The lowest BCUT2D eigenvalue weighted by molar-refractivity contribution is -0.753. The molecule has 1 fully saturated rings. The maximum Gasteiger partial charge on any atom is 0.128 e. The predicted octanol–water partition coefficient (Wildman–Crippen LogP) is -2.92. The average molecular weight is 108 g/mol. The molecule has 1 saturated heterocycles. The standard InChI is InChI=1S/C4H10N.ClH/c1-5(2)3-4-5;/h3-4H2,1-2H3;1H/q+1;/p-1. The molecular formula is C4H10ClN. The summed E-state index contributed by atoms with van der Waals surface area (Å²) < 4.78 is 1.25. The van der Waals surface area contributed by atoms with Crippen molar-refractivity contribution in [1.82, 2.24) is 0 Å². The van der Waals surface area contributed by atoms with Crippen molar-refractivity contribution < 1.29 is 16.9 Å². The molecule has 0 bridgehead atoms. The highest BCUT2D eigenvalue weighted by Gasteiger charge is 2.30. The minimum Gasteiger partial charge on any atom is -1.00 e. The molecule has 1 rings (SSSR count). The maximum absolute atomic E-state index is 2.24. The fourth-order valence-corrected chi connectivity index (χ4v) is 0.200. The van der Waals surface area contributed by atoms with Gasteiger partial charge in [0.05, 0.1) is 14.1 Å². The van der Waals surface area contributed by atoms with Crippen LogP contribution in [-0.2, 0) is 0 Å². The maximum atomic E-state index is 2.24. The monoisotopic (exact) mass is 107 g/mol. The highest BCUT2D eigenvalue weighted by Crippen LogP contribution is 2.09. The first-order valence-electron chi connectivity index (χ1n) is 2.03. The average Bonchev–Trinajstić information content (AvgIpc) is 1.76. The van der Waals surface area contributed by atoms with Crippen LogP contribution < -0.4 is 12.4 Å². The molecule has 0 aromatic rings. The molecule has 0 radical (unpaired) electrons. The van der Waals surface area contributed by atoms with Crippen LogP contribution in [0.15, 0.2) is 0 Å². The van der Waals surface area contributed by atoms with Crippen LogP contribution in [0.3, 0.4) is 0 Å². The summed E-state index contributed by atoms with van der Waals surface area (Å²) in [5.74, 6) is 0. The second-order valence-electron chi connectivity index (χ2n) is 2.38. The number of halogens is 1. The number of quaternary nitrogens is 1. The van der Waals surface area contributed by atoms with Crippen molar-refractivity contribution in [3.8, 4) is 0 Å². The molecule has 0 N–H and O–H groups in total. The highest BCUT2D eigenvalue weighted by atomic mass is 35.5. The van der Waals surface area contributed by atoms with Crippen molar-refractivity contribution in [2.75, 3.05) is 27.2 Å². The summed E-state index contributed by atoms with van der Waals surface area (Å²) in [6.45, 7) is 2.78. The van der Waals surface area contributed by atoms with Crippen LogP contribution in [0.4, 0.5) is 0 Å². The Morgan fingerprint density at radius 1 is 1.17 bits per heavy atom. The number of likely N-dealkylation sites (N-methyl/N-ethyl adjacent to an activating group) is 1. The zero-order valence-electron chi connectivity index (χ0n) is 4.24. The summed E-state index contributed by atoms with van der Waals surface area (Å²) in [4.78, 5) is 0. The van der Waals surface area contributed by atoms with Crippen molar-refractivity contribution in [3.05, 3.63) is 0 Å². The van der Waals surface area contributed by atoms with Gasteiger partial charge in [-0.3, -0.25) is 0 Å². The first-order valence-corrected chi connectivity index (χ1v) is 2.03. The SMILES string of the molecule is C[N+]1(C)CC1.[Cl-]. The quantitative estimate of drug-likeness (QED) is 0.230. The molecule has 0 aromatic heterocycles. The Bertz CT molecular complexity index is 45.5. The lowest BCUT2D eigenvalue weighted by atomic mass is 11.0. The molecule has 0 unspecified atom stereocenters. The van der Waals surface area contributed by atoms with E-state index in [1.165, 1.54) is 17.6 Å². The summed E-state index contributed by atoms with van der Waals surface area (Å²) >= 11 is 0. The smallest absolute Gasteiger partial charge is 0.128 e. The van der Waals surface area contributed by atoms with Crippen LogP contribution in [0.25, 0.3) is 0 Å². The molecular weight excluding hydrogens is 97.5 g/mol. The Morgan fingerprint density at radius 2 is 1.33 bits per heavy atom. The van der Waals surface area contributed by atoms with E-state index in [0.717, 1.165) is 0 Å². The van der Waals surface area contributed by atoms with E-state index in [-0.39, 0.29) is 12.4 Å². The largest absolute Gasteiger partial charge is 1.00 e. The second kappa shape index (κ2) is 1.39. The van der Waals surface area contributed by atoms with Crippen LogP contribution in [-0.4, -0.2) is 31.7 Å². The van der Waals surface area contributed by atoms with E-state index >= 15 is 0 Å². The summed E-state index contributed by atoms with van der Waals surface area (Å²) in [5.41, 5.74) is 0. The number of nitrogens with zero attached hydrogens (tertiary/aromatic N) is 1. The van der Waals surface area contributed by atoms with E-state index in [2.05, 4.69) is 14.1 Å². The van der Waals surface area contributed by atoms with Gasteiger partial charge in [-0.25, -0.2) is 0 Å². The topological polar surface area (TPSA) is 0 Å². The lowest BCUT2D eigenvalue weighted by Gasteiger charge is -1.95. The molecule has 1 aliphatic heterocycles. The fourth-order valence-electron chi connectivity index (χ4n) is 0.200. The van der Waals surface area contributed by atoms with Crippen molar-refractivity contribution in [2.45, 2.75) is 0 Å². The molecule has 0 spiro atoms. The molecule has 1 heterocycles. The molecule has 0 aromatic carbocycles. The van der Waals surface area contributed by atoms with Crippen LogP contribution >= 0.6 is 0 Å². The van der Waals surface area contributed by atoms with Gasteiger partial charge in [0.1, 0.15) is 13.1 Å². The van der Waals surface area contributed by atoms with Gasteiger partial charge in [-0.1, -0.05) is 0 Å². The van der Waals surface area contributed by atoms with E-state index < -0.39 is 0 Å². The fraction of sp³-hybridized carbons (Fsp3) is 1.00. The third kappa shape index (κ3) is 1.63. The van der Waals surface area contributed by atoms with Gasteiger partial charge in [-0.15, -0.1) is 0 Å². The van der Waals surface area contributed by atoms with Gasteiger partial charge in [0, 0.05) is 0 Å². The normalized spacial score (nSPS) is 25.0. The molecule has 0 aliphatic carbocycles. The second-order valence-corrected chi connectivity index (χ2v) is 2.38. The molecule has 2 heteroatoms. The van der Waals surface area contributed by atoms with Crippen molar-refractivity contribution in [2.24, 2.45) is 0 Å². The van der Waals surface area contributed by atoms with Crippen molar-refractivity contribution >= 4 is 0 Å². The van der Waals surface area contributed by atoms with Crippen LogP contribution in [0.1, 0.15) is 0 Å². The van der Waals surface area contributed by atoms with Crippen molar-refractivity contribution in [3.63, 3.8) is 0 Å². The summed E-state index contributed by atoms with van der Waals surface area (Å²) in [6.07, 6.45) is 0. The van der Waals surface area contributed by atoms with Crippen LogP contribution in [0.2, 0.25) is 0 Å². The number of rotatable bonds is 0. The van der Waals surface area contributed by atoms with E-state index in [9.17, 15) is 0 Å². The first kappa shape index (κ1) is 6.25. The molecule has 1 nitrogen and oxygen atoms in total. The van der Waals surface area contributed by atoms with Crippen LogP contribution in [0, 0.1) is 0 Å². The Labute approximate surface area is 45.0 Å². The van der Waals surface area contributed by atoms with Gasteiger partial charge < -0.3 is 16.9 Å². The zero-order valence-corrected chi connectivity index (χ0v) is 5.00. The molecule has 0 amide bonds. The van der Waals surface area contributed by atoms with Crippen LogP contribution in [0.5, 0.6) is 0 Å². The zero-order chi connectivity index (χ0) is 3.91. The van der Waals surface area contributed by atoms with Gasteiger partial charge in [-0.05, 0) is 0 Å². The van der Waals surface area contributed by atoms with E-state index in [1.54, 1.807) is 0 Å². The van der Waals surface area contributed by atoms with Crippen molar-refractivity contribution in [1.29, 1.82) is 0 Å². The Hall–Kier alpha value is 0.250. The van der Waals surface area contributed by atoms with Gasteiger partial charge in [-0.2, -0.15) is 0 Å². The lowest BCUT2D eigenvalue weighted by Crippen LogP contribution is -3.00. The van der Waals surface area contributed by atoms with E-state index in [1.807, 2.05) is 0 Å². The molecule has 1 aliphatic rings. The Balaban J connectivity index is 0.000000250. The molecule has 6 heavy (non-hydrogen) atoms. The highest BCUT2D eigenvalue weighted by molar-refractivity contribution is 4.43. The van der Waals surface area contributed by atoms with Gasteiger partial charge in [0.2, 0.25) is 0 Å². The predicted molar refractivity (Wildman–Crippen MR) is 21.8 cm³/mol. The van der Waals surface area contributed by atoms with Gasteiger partial charge in [0.25, 0.3) is 0 Å². The van der Waals surface area contributed by atoms with Gasteiger partial charge in [0.15, 0.2) is 0 Å². The molecule has 0 saturated carbocycles. The third-order valence-electron chi connectivity index (χ3n) is 1.12. The Kier molecular flexibility index (Phi) is 1.45. The summed E-state index contributed by atoms with van der Waals surface area (Å²) in [6, 6.07) is 0. The third-order valence-corrected chi connectivity index (χ3v) is 1.12. The van der Waals surface area contributed by atoms with E-state index in [0.29, 0.717) is 0 Å². The summed E-state index contributed by atoms with van der Waals surface area (Å²) in [7, 11) is 4.47. The minimum atomic E-state index is 0. The summed E-state index contributed by atoms with van der Waals surface area (Å²) in [5, 5.41) is 0. The minimum absolute atomic E-state index is 0. The molecule has 0 atom stereocenters.